The number of carbonyl (C=O) groups excluding carboxylic acids is 2. The van der Waals surface area contributed by atoms with Crippen molar-refractivity contribution in [1.82, 2.24) is 9.88 Å². The van der Waals surface area contributed by atoms with Crippen LogP contribution in [0.15, 0.2) is 83.3 Å². The number of aromatic nitrogens is 1. The van der Waals surface area contributed by atoms with Crippen LogP contribution in [0.2, 0.25) is 5.02 Å². The Balaban J connectivity index is 1.39. The molecule has 0 bridgehead atoms. The quantitative estimate of drug-likeness (QED) is 0.538. The van der Waals surface area contributed by atoms with Crippen molar-refractivity contribution in [2.45, 2.75) is 18.9 Å². The van der Waals surface area contributed by atoms with Crippen LogP contribution in [0.3, 0.4) is 0 Å². The normalized spacial score (nSPS) is 19.3. The van der Waals surface area contributed by atoms with Crippen LogP contribution >= 0.6 is 22.9 Å². The highest BCUT2D eigenvalue weighted by atomic mass is 35.5. The minimum atomic E-state index is -1.08. The number of carbonyl (C=O) groups is 2. The van der Waals surface area contributed by atoms with Gasteiger partial charge in [0.15, 0.2) is 0 Å². The van der Waals surface area contributed by atoms with Crippen LogP contribution in [0.1, 0.15) is 13.3 Å². The van der Waals surface area contributed by atoms with Crippen molar-refractivity contribution in [2.75, 3.05) is 5.32 Å². The number of halogens is 1. The number of amides is 2. The van der Waals surface area contributed by atoms with E-state index in [0.717, 1.165) is 21.8 Å². The molecule has 6 nitrogen and oxygen atoms in total. The molecule has 33 heavy (non-hydrogen) atoms. The van der Waals surface area contributed by atoms with Crippen LogP contribution in [0.25, 0.3) is 21.8 Å². The second-order valence-electron chi connectivity index (χ2n) is 7.94. The number of hydrogen-bond donors (Lipinski definition) is 1. The molecule has 2 aromatic carbocycles. The Kier molecular flexibility index (Phi) is 5.44. The topological polar surface area (TPSA) is 74.7 Å². The molecule has 0 saturated carbocycles. The van der Waals surface area contributed by atoms with Crippen molar-refractivity contribution >= 4 is 46.3 Å². The van der Waals surface area contributed by atoms with Gasteiger partial charge in [0.1, 0.15) is 16.4 Å². The summed E-state index contributed by atoms with van der Waals surface area (Å²) in [5.41, 5.74) is 2.09. The van der Waals surface area contributed by atoms with E-state index in [9.17, 15) is 9.59 Å². The van der Waals surface area contributed by atoms with Crippen LogP contribution in [-0.2, 0) is 9.59 Å². The Hall–Kier alpha value is -3.55. The maximum atomic E-state index is 13.3. The van der Waals surface area contributed by atoms with Gasteiger partial charge in [0.05, 0.1) is 17.1 Å². The fourth-order valence-electron chi connectivity index (χ4n) is 3.87. The van der Waals surface area contributed by atoms with Gasteiger partial charge in [0.25, 0.3) is 11.8 Å². The SMILES string of the molecule is CC1(C(=O)Nc2cccc(-c3csc(-c4ccccc4Cl)n3)c2)CC(=O)N=C2C=CC=CN21. The monoisotopic (exact) mass is 474 g/mol. The van der Waals surface area contributed by atoms with Gasteiger partial charge in [0.2, 0.25) is 0 Å². The summed E-state index contributed by atoms with van der Waals surface area (Å²) in [6.07, 6.45) is 7.10. The predicted molar refractivity (Wildman–Crippen MR) is 132 cm³/mol. The van der Waals surface area contributed by atoms with Crippen molar-refractivity contribution in [3.8, 4) is 21.8 Å². The van der Waals surface area contributed by atoms with E-state index in [2.05, 4.69) is 10.3 Å². The maximum absolute atomic E-state index is 13.3. The van der Waals surface area contributed by atoms with E-state index in [0.29, 0.717) is 16.5 Å². The molecule has 2 aliphatic rings. The number of benzene rings is 2. The standard InChI is InChI=1S/C25H19ClN4O2S/c1-25(14-22(31)29-21-11-4-5-12-30(21)25)24(32)27-17-8-6-7-16(13-17)20-15-33-23(28-20)18-9-2-3-10-19(18)26/h2-13,15H,14H2,1H3,(H,27,32). The Morgan fingerprint density at radius 3 is 2.88 bits per heavy atom. The summed E-state index contributed by atoms with van der Waals surface area (Å²) in [4.78, 5) is 36.0. The van der Waals surface area contributed by atoms with Crippen LogP contribution < -0.4 is 5.32 Å². The van der Waals surface area contributed by atoms with Gasteiger partial charge in [-0.1, -0.05) is 48.0 Å². The molecule has 164 valence electrons. The summed E-state index contributed by atoms with van der Waals surface area (Å²) in [6, 6.07) is 15.1. The van der Waals surface area contributed by atoms with Gasteiger partial charge in [-0.15, -0.1) is 11.3 Å². The van der Waals surface area contributed by atoms with Gasteiger partial charge in [0, 0.05) is 28.4 Å². The Labute approximate surface area is 199 Å². The molecule has 3 aromatic rings. The first kappa shape index (κ1) is 21.3. The van der Waals surface area contributed by atoms with Gasteiger partial charge < -0.3 is 10.2 Å². The molecule has 0 saturated heterocycles. The lowest BCUT2D eigenvalue weighted by molar-refractivity contribution is -0.130. The fraction of sp³-hybridized carbons (Fsp3) is 0.120. The Morgan fingerprint density at radius 2 is 2.03 bits per heavy atom. The molecular weight excluding hydrogens is 456 g/mol. The van der Waals surface area contributed by atoms with Crippen molar-refractivity contribution in [1.29, 1.82) is 0 Å². The van der Waals surface area contributed by atoms with Crippen LogP contribution in [-0.4, -0.2) is 33.1 Å². The zero-order chi connectivity index (χ0) is 23.0. The minimum Gasteiger partial charge on any atom is -0.324 e. The Morgan fingerprint density at radius 1 is 1.18 bits per heavy atom. The van der Waals surface area contributed by atoms with Gasteiger partial charge in [-0.05, 0) is 37.3 Å². The summed E-state index contributed by atoms with van der Waals surface area (Å²) in [7, 11) is 0. The van der Waals surface area contributed by atoms with Crippen molar-refractivity contribution in [3.63, 3.8) is 0 Å². The average Bonchev–Trinajstić information content (AvgIpc) is 3.29. The third kappa shape index (κ3) is 4.01. The number of thiazole rings is 1. The maximum Gasteiger partial charge on any atom is 0.250 e. The van der Waals surface area contributed by atoms with Gasteiger partial charge in [-0.2, -0.15) is 4.99 Å². The molecule has 0 radical (unpaired) electrons. The molecule has 5 rings (SSSR count). The van der Waals surface area contributed by atoms with E-state index < -0.39 is 5.54 Å². The molecule has 0 spiro atoms. The van der Waals surface area contributed by atoms with E-state index in [1.807, 2.05) is 60.0 Å². The van der Waals surface area contributed by atoms with E-state index in [4.69, 9.17) is 16.6 Å². The lowest BCUT2D eigenvalue weighted by Crippen LogP contribution is -2.58. The molecule has 1 atom stereocenters. The number of fused-ring (bicyclic) bond motifs is 1. The van der Waals surface area contributed by atoms with Gasteiger partial charge >= 0.3 is 0 Å². The molecule has 0 aliphatic carbocycles. The second-order valence-corrected chi connectivity index (χ2v) is 9.20. The minimum absolute atomic E-state index is 0.00646. The number of allylic oxidation sites excluding steroid dienone is 2. The molecule has 2 amide bonds. The number of hydrogen-bond acceptors (Lipinski definition) is 5. The second kappa shape index (κ2) is 8.42. The molecule has 1 unspecified atom stereocenters. The zero-order valence-electron chi connectivity index (χ0n) is 17.7. The lowest BCUT2D eigenvalue weighted by atomic mass is 9.91. The largest absolute Gasteiger partial charge is 0.324 e. The number of rotatable bonds is 4. The first-order valence-electron chi connectivity index (χ1n) is 10.3. The third-order valence-electron chi connectivity index (χ3n) is 5.62. The van der Waals surface area contributed by atoms with Crippen molar-refractivity contribution < 1.29 is 9.59 Å². The number of aliphatic imine (C=N–C) groups is 1. The lowest BCUT2D eigenvalue weighted by Gasteiger charge is -2.41. The number of amidine groups is 1. The zero-order valence-corrected chi connectivity index (χ0v) is 19.2. The number of nitrogens with one attached hydrogen (secondary N) is 1. The predicted octanol–water partition coefficient (Wildman–Crippen LogP) is 5.54. The molecular formula is C25H19ClN4O2S. The smallest absolute Gasteiger partial charge is 0.250 e. The Bertz CT molecular complexity index is 1360. The summed E-state index contributed by atoms with van der Waals surface area (Å²) >= 11 is 7.83. The average molecular weight is 475 g/mol. The molecule has 8 heteroatoms. The summed E-state index contributed by atoms with van der Waals surface area (Å²) in [5.74, 6) is -0.132. The fourth-order valence-corrected chi connectivity index (χ4v) is 5.02. The first-order valence-corrected chi connectivity index (χ1v) is 11.6. The highest BCUT2D eigenvalue weighted by Crippen LogP contribution is 2.34. The summed E-state index contributed by atoms with van der Waals surface area (Å²) in [6.45, 7) is 1.75. The highest BCUT2D eigenvalue weighted by molar-refractivity contribution is 7.13. The van der Waals surface area contributed by atoms with Gasteiger partial charge in [-0.25, -0.2) is 4.98 Å². The molecule has 3 heterocycles. The van der Waals surface area contributed by atoms with Crippen molar-refractivity contribution in [2.24, 2.45) is 4.99 Å². The van der Waals surface area contributed by atoms with Gasteiger partial charge in [-0.3, -0.25) is 9.59 Å². The van der Waals surface area contributed by atoms with E-state index in [1.54, 1.807) is 30.2 Å². The third-order valence-corrected chi connectivity index (χ3v) is 6.82. The summed E-state index contributed by atoms with van der Waals surface area (Å²) in [5, 5.41) is 6.42. The van der Waals surface area contributed by atoms with Crippen LogP contribution in [0.4, 0.5) is 5.69 Å². The van der Waals surface area contributed by atoms with Crippen LogP contribution in [0, 0.1) is 0 Å². The van der Waals surface area contributed by atoms with Crippen molar-refractivity contribution in [3.05, 3.63) is 83.4 Å². The molecule has 1 N–H and O–H groups in total. The number of nitrogens with zero attached hydrogens (tertiary/aromatic N) is 3. The molecule has 2 aliphatic heterocycles. The van der Waals surface area contributed by atoms with E-state index in [-0.39, 0.29) is 18.2 Å². The van der Waals surface area contributed by atoms with E-state index in [1.165, 1.54) is 11.3 Å². The highest BCUT2D eigenvalue weighted by Gasteiger charge is 2.45. The first-order chi connectivity index (χ1) is 15.9. The number of anilines is 1. The van der Waals surface area contributed by atoms with Crippen LogP contribution in [0.5, 0.6) is 0 Å². The molecule has 1 aromatic heterocycles. The molecule has 0 fully saturated rings. The van der Waals surface area contributed by atoms with E-state index >= 15 is 0 Å². The summed E-state index contributed by atoms with van der Waals surface area (Å²) < 4.78 is 0.